The van der Waals surface area contributed by atoms with Crippen molar-refractivity contribution in [3.8, 4) is 0 Å². The number of unbranched alkanes of at least 4 members (excludes halogenated alkanes) is 44. The van der Waals surface area contributed by atoms with E-state index in [0.717, 1.165) is 44.9 Å². The van der Waals surface area contributed by atoms with Crippen molar-refractivity contribution < 1.29 is 24.5 Å². The van der Waals surface area contributed by atoms with E-state index in [1.807, 2.05) is 0 Å². The van der Waals surface area contributed by atoms with Crippen molar-refractivity contribution in [3.63, 3.8) is 0 Å². The summed E-state index contributed by atoms with van der Waals surface area (Å²) >= 11 is 0. The topological polar surface area (TPSA) is 95.9 Å². The Morgan fingerprint density at radius 3 is 1.09 bits per heavy atom. The highest BCUT2D eigenvalue weighted by Gasteiger charge is 2.20. The Morgan fingerprint density at radius 2 is 0.701 bits per heavy atom. The maximum absolute atomic E-state index is 12.5. The Hall–Kier alpha value is -1.40. The van der Waals surface area contributed by atoms with Crippen LogP contribution in [0.2, 0.25) is 0 Å². The van der Waals surface area contributed by atoms with Gasteiger partial charge in [0.25, 0.3) is 0 Å². The van der Waals surface area contributed by atoms with Gasteiger partial charge in [-0.25, -0.2) is 0 Å². The van der Waals surface area contributed by atoms with Gasteiger partial charge in [0, 0.05) is 12.8 Å². The minimum atomic E-state index is -0.664. The summed E-state index contributed by atoms with van der Waals surface area (Å²) in [5, 5.41) is 23.3. The van der Waals surface area contributed by atoms with E-state index in [1.165, 1.54) is 263 Å². The molecule has 0 saturated carbocycles. The summed E-state index contributed by atoms with van der Waals surface area (Å²) in [5.74, 6) is -0.0288. The van der Waals surface area contributed by atoms with Crippen LogP contribution in [0, 0.1) is 0 Å². The maximum atomic E-state index is 12.5. The van der Waals surface area contributed by atoms with Gasteiger partial charge in [-0.1, -0.05) is 289 Å². The molecule has 67 heavy (non-hydrogen) atoms. The predicted molar refractivity (Wildman–Crippen MR) is 292 cm³/mol. The van der Waals surface area contributed by atoms with Crippen LogP contribution in [0.4, 0.5) is 0 Å². The molecule has 0 spiro atoms. The number of ether oxygens (including phenoxy) is 1. The number of aliphatic hydroxyl groups is 2. The summed E-state index contributed by atoms with van der Waals surface area (Å²) < 4.78 is 5.47. The second-order valence-electron chi connectivity index (χ2n) is 21.0. The molecule has 0 aliphatic carbocycles. The molecule has 398 valence electrons. The van der Waals surface area contributed by atoms with Gasteiger partial charge in [-0.15, -0.1) is 0 Å². The molecule has 2 atom stereocenters. The zero-order valence-electron chi connectivity index (χ0n) is 45.4. The molecular formula is C61H119NO5. The van der Waals surface area contributed by atoms with Gasteiger partial charge in [0.15, 0.2) is 0 Å². The van der Waals surface area contributed by atoms with Crippen molar-refractivity contribution in [1.29, 1.82) is 0 Å². The first kappa shape index (κ1) is 65.6. The number of allylic oxidation sites excluding steroid dienone is 2. The third-order valence-electron chi connectivity index (χ3n) is 14.3. The minimum Gasteiger partial charge on any atom is -0.466 e. The van der Waals surface area contributed by atoms with Crippen molar-refractivity contribution in [3.05, 3.63) is 12.2 Å². The normalized spacial score (nSPS) is 12.6. The van der Waals surface area contributed by atoms with Gasteiger partial charge in [-0.3, -0.25) is 9.59 Å². The molecule has 0 aliphatic heterocycles. The Morgan fingerprint density at radius 1 is 0.403 bits per heavy atom. The SMILES string of the molecule is CCCCC/C=C\CCCCCCCC(=O)OCCCCCCCCCCCCCCCCCCCCCCCCC(=O)NC(CO)C(O)CCCCCCCCCCCCCCCCCC. The summed E-state index contributed by atoms with van der Waals surface area (Å²) in [7, 11) is 0. The summed E-state index contributed by atoms with van der Waals surface area (Å²) in [5.41, 5.74) is 0. The molecule has 0 saturated heterocycles. The lowest BCUT2D eigenvalue weighted by molar-refractivity contribution is -0.143. The standard InChI is InChI=1S/C61H119NO5/c1-3-5-7-9-11-13-15-17-18-27-30-33-37-41-45-49-53-59(64)58(57-63)62-60(65)54-50-46-42-38-34-31-28-25-23-21-19-20-22-24-26-29-32-36-40-44-48-52-56-67-61(66)55-51-47-43-39-35-16-14-12-10-8-6-4-2/h12,14,58-59,63-64H,3-11,13,15-57H2,1-2H3,(H,62,65)/b14-12-. The van der Waals surface area contributed by atoms with Crippen LogP contribution in [0.15, 0.2) is 12.2 Å². The Kier molecular flexibility index (Phi) is 56.0. The largest absolute Gasteiger partial charge is 0.466 e. The number of aliphatic hydroxyl groups excluding tert-OH is 2. The fourth-order valence-electron chi connectivity index (χ4n) is 9.64. The molecule has 6 heteroatoms. The monoisotopic (exact) mass is 946 g/mol. The van der Waals surface area contributed by atoms with Crippen LogP contribution in [0.3, 0.4) is 0 Å². The Bertz CT molecular complexity index is 1000. The smallest absolute Gasteiger partial charge is 0.305 e. The van der Waals surface area contributed by atoms with Gasteiger partial charge in [0.05, 0.1) is 25.4 Å². The second-order valence-corrected chi connectivity index (χ2v) is 21.0. The van der Waals surface area contributed by atoms with Crippen molar-refractivity contribution in [2.24, 2.45) is 0 Å². The van der Waals surface area contributed by atoms with Crippen LogP contribution in [0.25, 0.3) is 0 Å². The molecule has 0 radical (unpaired) electrons. The van der Waals surface area contributed by atoms with Crippen molar-refractivity contribution in [1.82, 2.24) is 5.32 Å². The number of hydrogen-bond donors (Lipinski definition) is 3. The number of amides is 1. The fourth-order valence-corrected chi connectivity index (χ4v) is 9.64. The zero-order valence-corrected chi connectivity index (χ0v) is 45.4. The molecule has 6 nitrogen and oxygen atoms in total. The molecule has 0 aromatic carbocycles. The molecular weight excluding hydrogens is 827 g/mol. The van der Waals surface area contributed by atoms with Crippen molar-refractivity contribution >= 4 is 11.9 Å². The highest BCUT2D eigenvalue weighted by molar-refractivity contribution is 5.76. The van der Waals surface area contributed by atoms with Crippen LogP contribution in [0.5, 0.6) is 0 Å². The van der Waals surface area contributed by atoms with Crippen LogP contribution < -0.4 is 5.32 Å². The minimum absolute atomic E-state index is 0.00376. The molecule has 3 N–H and O–H groups in total. The second kappa shape index (κ2) is 57.2. The molecule has 0 bridgehead atoms. The predicted octanol–water partition coefficient (Wildman–Crippen LogP) is 18.9. The van der Waals surface area contributed by atoms with E-state index in [4.69, 9.17) is 4.74 Å². The van der Waals surface area contributed by atoms with Gasteiger partial charge in [0.2, 0.25) is 5.91 Å². The van der Waals surface area contributed by atoms with E-state index in [1.54, 1.807) is 0 Å². The Balaban J connectivity index is 3.38. The van der Waals surface area contributed by atoms with E-state index in [-0.39, 0.29) is 18.5 Å². The zero-order chi connectivity index (χ0) is 48.6. The van der Waals surface area contributed by atoms with Crippen LogP contribution >= 0.6 is 0 Å². The Labute approximate surface area is 419 Å². The summed E-state index contributed by atoms with van der Waals surface area (Å²) in [6, 6.07) is -0.541. The highest BCUT2D eigenvalue weighted by Crippen LogP contribution is 2.18. The first-order valence-corrected chi connectivity index (χ1v) is 30.4. The maximum Gasteiger partial charge on any atom is 0.305 e. The van der Waals surface area contributed by atoms with Gasteiger partial charge in [-0.2, -0.15) is 0 Å². The first-order valence-electron chi connectivity index (χ1n) is 30.4. The summed E-state index contributed by atoms with van der Waals surface area (Å²) in [6.45, 7) is 4.95. The van der Waals surface area contributed by atoms with E-state index < -0.39 is 12.1 Å². The summed E-state index contributed by atoms with van der Waals surface area (Å²) in [6.07, 6.45) is 67.9. The summed E-state index contributed by atoms with van der Waals surface area (Å²) in [4.78, 5) is 24.5. The van der Waals surface area contributed by atoms with E-state index in [2.05, 4.69) is 31.3 Å². The van der Waals surface area contributed by atoms with E-state index >= 15 is 0 Å². The lowest BCUT2D eigenvalue weighted by Crippen LogP contribution is -2.45. The number of hydrogen-bond acceptors (Lipinski definition) is 5. The molecule has 1 amide bonds. The molecule has 0 heterocycles. The average molecular weight is 947 g/mol. The lowest BCUT2D eigenvalue weighted by atomic mass is 10.0. The third-order valence-corrected chi connectivity index (χ3v) is 14.3. The van der Waals surface area contributed by atoms with Crippen LogP contribution in [0.1, 0.15) is 341 Å². The molecule has 0 aromatic heterocycles. The third kappa shape index (κ3) is 53.8. The first-order chi connectivity index (χ1) is 33.0. The number of nitrogens with one attached hydrogen (secondary N) is 1. The number of carbonyl (C=O) groups excluding carboxylic acids is 2. The number of esters is 1. The lowest BCUT2D eigenvalue weighted by Gasteiger charge is -2.22. The molecule has 2 unspecified atom stereocenters. The quantitative estimate of drug-likeness (QED) is 0.0321. The number of rotatable bonds is 57. The van der Waals surface area contributed by atoms with Gasteiger partial charge in [0.1, 0.15) is 0 Å². The van der Waals surface area contributed by atoms with Crippen molar-refractivity contribution in [2.45, 2.75) is 353 Å². The fraction of sp³-hybridized carbons (Fsp3) is 0.934. The van der Waals surface area contributed by atoms with Gasteiger partial charge < -0.3 is 20.3 Å². The van der Waals surface area contributed by atoms with Gasteiger partial charge in [-0.05, 0) is 51.4 Å². The average Bonchev–Trinajstić information content (AvgIpc) is 3.33. The van der Waals surface area contributed by atoms with Crippen LogP contribution in [-0.4, -0.2) is 47.4 Å². The van der Waals surface area contributed by atoms with E-state index in [9.17, 15) is 19.8 Å². The van der Waals surface area contributed by atoms with Crippen molar-refractivity contribution in [2.75, 3.05) is 13.2 Å². The molecule has 0 aliphatic rings. The van der Waals surface area contributed by atoms with E-state index in [0.29, 0.717) is 25.9 Å². The highest BCUT2D eigenvalue weighted by atomic mass is 16.5. The molecule has 0 rings (SSSR count). The molecule has 0 fully saturated rings. The molecule has 0 aromatic rings. The van der Waals surface area contributed by atoms with Crippen LogP contribution in [-0.2, 0) is 14.3 Å². The number of carbonyl (C=O) groups is 2. The van der Waals surface area contributed by atoms with Gasteiger partial charge >= 0.3 is 5.97 Å².